The summed E-state index contributed by atoms with van der Waals surface area (Å²) < 4.78 is 31.2. The lowest BCUT2D eigenvalue weighted by molar-refractivity contribution is 0.417. The number of anilines is 3. The molecule has 4 rings (SSSR count). The molecule has 1 aliphatic heterocycles. The summed E-state index contributed by atoms with van der Waals surface area (Å²) >= 11 is 0. The van der Waals surface area contributed by atoms with Crippen LogP contribution in [-0.2, 0) is 10.0 Å². The van der Waals surface area contributed by atoms with E-state index in [4.69, 9.17) is 0 Å². The van der Waals surface area contributed by atoms with Crippen molar-refractivity contribution < 1.29 is 12.9 Å². The molecule has 1 N–H and O–H groups in total. The smallest absolute Gasteiger partial charge is 0.266 e. The average molecular weight is 387 g/mol. The van der Waals surface area contributed by atoms with Gasteiger partial charge in [-0.1, -0.05) is 11.2 Å². The Kier molecular flexibility index (Phi) is 4.59. The van der Waals surface area contributed by atoms with Gasteiger partial charge in [0.1, 0.15) is 17.0 Å². The molecule has 0 atom stereocenters. The summed E-state index contributed by atoms with van der Waals surface area (Å²) in [7, 11) is -3.76. The lowest BCUT2D eigenvalue weighted by atomic mass is 10.3. The highest BCUT2D eigenvalue weighted by molar-refractivity contribution is 7.92. The van der Waals surface area contributed by atoms with Crippen molar-refractivity contribution >= 4 is 27.5 Å². The molecule has 3 aromatic rings. The minimum Gasteiger partial charge on any atom is -0.363 e. The summed E-state index contributed by atoms with van der Waals surface area (Å²) in [6.45, 7) is 3.12. The largest absolute Gasteiger partial charge is 0.363 e. The second-order valence-electron chi connectivity index (χ2n) is 5.90. The summed E-state index contributed by atoms with van der Waals surface area (Å²) in [5.74, 6) is 1.51. The zero-order valence-electron chi connectivity index (χ0n) is 14.3. The van der Waals surface area contributed by atoms with E-state index in [1.807, 2.05) is 18.2 Å². The fourth-order valence-corrected chi connectivity index (χ4v) is 3.64. The molecule has 0 saturated carbocycles. The number of pyridine rings is 1. The molecule has 1 saturated heterocycles. The Morgan fingerprint density at radius 3 is 2.33 bits per heavy atom. The Hall–Kier alpha value is -3.21. The van der Waals surface area contributed by atoms with Crippen molar-refractivity contribution in [2.75, 3.05) is 40.7 Å². The van der Waals surface area contributed by atoms with Crippen LogP contribution in [0.25, 0.3) is 0 Å². The summed E-state index contributed by atoms with van der Waals surface area (Å²) in [6.07, 6.45) is 6.85. The van der Waals surface area contributed by atoms with Crippen molar-refractivity contribution in [3.63, 3.8) is 0 Å². The highest BCUT2D eigenvalue weighted by atomic mass is 32.2. The highest BCUT2D eigenvalue weighted by Gasteiger charge is 2.21. The molecular weight excluding hydrogens is 370 g/mol. The summed E-state index contributed by atoms with van der Waals surface area (Å²) in [6, 6.07) is 5.85. The molecule has 0 spiro atoms. The zero-order chi connectivity index (χ0) is 18.7. The number of piperazine rings is 1. The standard InChI is InChI=1S/C16H17N7O3S/c24-27(25,14-11-20-26-12-14)21-13-9-18-16(19-10-13)23-7-5-22(6-8-23)15-3-1-2-4-17-15/h1-4,9-12,21H,5-8H2. The molecule has 140 valence electrons. The Bertz CT molecular complexity index is 971. The van der Waals surface area contributed by atoms with Crippen molar-refractivity contribution in [3.05, 3.63) is 49.2 Å². The van der Waals surface area contributed by atoms with Gasteiger partial charge in [0.05, 0.1) is 24.3 Å². The molecule has 0 bridgehead atoms. The van der Waals surface area contributed by atoms with Gasteiger partial charge in [0, 0.05) is 32.4 Å². The molecule has 0 radical (unpaired) electrons. The van der Waals surface area contributed by atoms with Crippen molar-refractivity contribution in [3.8, 4) is 0 Å². The van der Waals surface area contributed by atoms with Crippen LogP contribution in [-0.4, -0.2) is 54.7 Å². The third kappa shape index (κ3) is 3.82. The number of rotatable bonds is 5. The molecule has 10 nitrogen and oxygen atoms in total. The Balaban J connectivity index is 1.39. The van der Waals surface area contributed by atoms with E-state index in [1.54, 1.807) is 6.20 Å². The van der Waals surface area contributed by atoms with Gasteiger partial charge in [-0.3, -0.25) is 4.72 Å². The highest BCUT2D eigenvalue weighted by Crippen LogP contribution is 2.18. The van der Waals surface area contributed by atoms with Gasteiger partial charge < -0.3 is 14.3 Å². The Morgan fingerprint density at radius 2 is 1.70 bits per heavy atom. The normalized spacial score (nSPS) is 15.0. The minimum atomic E-state index is -3.76. The first kappa shape index (κ1) is 17.2. The maximum Gasteiger partial charge on any atom is 0.266 e. The maximum absolute atomic E-state index is 12.1. The minimum absolute atomic E-state index is 0.0581. The van der Waals surface area contributed by atoms with Gasteiger partial charge in [0.25, 0.3) is 10.0 Å². The molecular formula is C16H17N7O3S. The van der Waals surface area contributed by atoms with Crippen molar-refractivity contribution in [2.24, 2.45) is 0 Å². The topological polar surface area (TPSA) is 117 Å². The van der Waals surface area contributed by atoms with Crippen molar-refractivity contribution in [2.45, 2.75) is 4.90 Å². The molecule has 4 heterocycles. The SMILES string of the molecule is O=S(=O)(Nc1cnc(N2CCN(c3ccccn3)CC2)nc1)c1cnoc1. The Labute approximate surface area is 155 Å². The predicted molar refractivity (Wildman–Crippen MR) is 98.0 cm³/mol. The van der Waals surface area contributed by atoms with Crippen LogP contribution < -0.4 is 14.5 Å². The summed E-state index contributed by atoms with van der Waals surface area (Å²) in [5.41, 5.74) is 0.270. The molecule has 1 aliphatic rings. The van der Waals surface area contributed by atoms with Gasteiger partial charge in [0.15, 0.2) is 0 Å². The molecule has 3 aromatic heterocycles. The van der Waals surface area contributed by atoms with E-state index < -0.39 is 10.0 Å². The lowest BCUT2D eigenvalue weighted by Gasteiger charge is -2.35. The lowest BCUT2D eigenvalue weighted by Crippen LogP contribution is -2.47. The van der Waals surface area contributed by atoms with Gasteiger partial charge in [-0.25, -0.2) is 23.4 Å². The monoisotopic (exact) mass is 387 g/mol. The zero-order valence-corrected chi connectivity index (χ0v) is 15.1. The van der Waals surface area contributed by atoms with E-state index in [1.165, 1.54) is 12.4 Å². The number of aromatic nitrogens is 4. The van der Waals surface area contributed by atoms with Gasteiger partial charge in [-0.05, 0) is 12.1 Å². The van der Waals surface area contributed by atoms with E-state index in [0.29, 0.717) is 5.95 Å². The van der Waals surface area contributed by atoms with Gasteiger partial charge in [-0.2, -0.15) is 0 Å². The van der Waals surface area contributed by atoms with Gasteiger partial charge in [0.2, 0.25) is 5.95 Å². The quantitative estimate of drug-likeness (QED) is 0.683. The molecule has 0 amide bonds. The first-order valence-electron chi connectivity index (χ1n) is 8.27. The van der Waals surface area contributed by atoms with Crippen molar-refractivity contribution in [1.29, 1.82) is 0 Å². The molecule has 11 heteroatoms. The van der Waals surface area contributed by atoms with E-state index in [0.717, 1.165) is 44.5 Å². The van der Waals surface area contributed by atoms with Crippen LogP contribution in [0.5, 0.6) is 0 Å². The van der Waals surface area contributed by atoms with Gasteiger partial charge in [-0.15, -0.1) is 0 Å². The molecule has 0 unspecified atom stereocenters. The van der Waals surface area contributed by atoms with E-state index in [2.05, 4.69) is 39.2 Å². The molecule has 0 aromatic carbocycles. The second kappa shape index (κ2) is 7.19. The van der Waals surface area contributed by atoms with Crippen LogP contribution in [0.1, 0.15) is 0 Å². The third-order valence-corrected chi connectivity index (χ3v) is 5.47. The molecule has 0 aliphatic carbocycles. The van der Waals surface area contributed by atoms with E-state index in [9.17, 15) is 8.42 Å². The molecule has 27 heavy (non-hydrogen) atoms. The third-order valence-electron chi connectivity index (χ3n) is 4.15. The van der Waals surface area contributed by atoms with E-state index in [-0.39, 0.29) is 10.6 Å². The van der Waals surface area contributed by atoms with Crippen LogP contribution in [0.4, 0.5) is 17.5 Å². The van der Waals surface area contributed by atoms with Crippen LogP contribution in [0.15, 0.2) is 58.7 Å². The maximum atomic E-state index is 12.1. The summed E-state index contributed by atoms with van der Waals surface area (Å²) in [4.78, 5) is 17.1. The van der Waals surface area contributed by atoms with E-state index >= 15 is 0 Å². The molecule has 1 fully saturated rings. The summed E-state index contributed by atoms with van der Waals surface area (Å²) in [5, 5.41) is 3.39. The van der Waals surface area contributed by atoms with Crippen molar-refractivity contribution in [1.82, 2.24) is 20.1 Å². The number of nitrogens with zero attached hydrogens (tertiary/aromatic N) is 6. The van der Waals surface area contributed by atoms with Crippen LogP contribution in [0.2, 0.25) is 0 Å². The number of nitrogens with one attached hydrogen (secondary N) is 1. The predicted octanol–water partition coefficient (Wildman–Crippen LogP) is 0.987. The first-order valence-corrected chi connectivity index (χ1v) is 9.75. The van der Waals surface area contributed by atoms with Crippen LogP contribution in [0.3, 0.4) is 0 Å². The number of hydrogen-bond acceptors (Lipinski definition) is 9. The number of hydrogen-bond donors (Lipinski definition) is 1. The first-order chi connectivity index (χ1) is 13.1. The van der Waals surface area contributed by atoms with Crippen LogP contribution >= 0.6 is 0 Å². The average Bonchev–Trinajstić information content (AvgIpc) is 3.25. The second-order valence-corrected chi connectivity index (χ2v) is 7.58. The Morgan fingerprint density at radius 1 is 0.963 bits per heavy atom. The number of sulfonamides is 1. The fourth-order valence-electron chi connectivity index (χ4n) is 2.76. The fraction of sp³-hybridized carbons (Fsp3) is 0.250. The van der Waals surface area contributed by atoms with Gasteiger partial charge >= 0.3 is 0 Å². The van der Waals surface area contributed by atoms with Crippen LogP contribution in [0, 0.1) is 0 Å².